The Balaban J connectivity index is 1.35. The highest BCUT2D eigenvalue weighted by Gasteiger charge is 2.21. The molecule has 1 aliphatic heterocycles. The summed E-state index contributed by atoms with van der Waals surface area (Å²) in [6, 6.07) is 13.8. The lowest BCUT2D eigenvalue weighted by Gasteiger charge is -2.35. The van der Waals surface area contributed by atoms with Crippen molar-refractivity contribution in [2.75, 3.05) is 32.7 Å². The lowest BCUT2D eigenvalue weighted by molar-refractivity contribution is -0.131. The highest BCUT2D eigenvalue weighted by atomic mass is 19.1. The Morgan fingerprint density at radius 2 is 1.66 bits per heavy atom. The minimum Gasteiger partial charge on any atom is -0.339 e. The molecule has 3 rings (SSSR count). The monoisotopic (exact) mass is 398 g/mol. The highest BCUT2D eigenvalue weighted by Crippen LogP contribution is 2.12. The van der Waals surface area contributed by atoms with E-state index in [9.17, 15) is 14.0 Å². The highest BCUT2D eigenvalue weighted by molar-refractivity contribution is 5.84. The molecule has 29 heavy (non-hydrogen) atoms. The van der Waals surface area contributed by atoms with Gasteiger partial charge in [-0.15, -0.1) is 0 Å². The van der Waals surface area contributed by atoms with Crippen LogP contribution in [-0.2, 0) is 17.9 Å². The number of benzene rings is 2. The summed E-state index contributed by atoms with van der Waals surface area (Å²) in [6.45, 7) is 6.19. The topological polar surface area (TPSA) is 64.7 Å². The first-order valence-electron chi connectivity index (χ1n) is 9.82. The lowest BCUT2D eigenvalue weighted by atomic mass is 10.1. The molecular weight excluding hydrogens is 371 g/mol. The second-order valence-electron chi connectivity index (χ2n) is 7.25. The Hall–Kier alpha value is -2.93. The molecule has 1 saturated heterocycles. The summed E-state index contributed by atoms with van der Waals surface area (Å²) in [7, 11) is 0. The molecule has 0 bridgehead atoms. The number of nitrogens with one attached hydrogen (secondary N) is 2. The number of urea groups is 1. The van der Waals surface area contributed by atoms with Crippen molar-refractivity contribution in [1.82, 2.24) is 20.4 Å². The van der Waals surface area contributed by atoms with Gasteiger partial charge in [-0.1, -0.05) is 36.4 Å². The van der Waals surface area contributed by atoms with Gasteiger partial charge < -0.3 is 15.5 Å². The van der Waals surface area contributed by atoms with Gasteiger partial charge in [0.1, 0.15) is 5.82 Å². The Bertz CT molecular complexity index is 833. The maximum absolute atomic E-state index is 12.9. The standard InChI is InChI=1S/C22H27FN4O2/c1-17-4-2-3-5-19(17)16-26-10-12-27(13-11-26)21(28)15-25-22(29)24-14-18-6-8-20(23)9-7-18/h2-9H,10-16H2,1H3,(H2,24,25,29). The predicted molar refractivity (Wildman–Crippen MR) is 110 cm³/mol. The van der Waals surface area contributed by atoms with Crippen LogP contribution in [0.3, 0.4) is 0 Å². The van der Waals surface area contributed by atoms with Gasteiger partial charge in [-0.2, -0.15) is 0 Å². The van der Waals surface area contributed by atoms with Crippen molar-refractivity contribution in [1.29, 1.82) is 0 Å². The van der Waals surface area contributed by atoms with Gasteiger partial charge in [0.15, 0.2) is 0 Å². The number of carbonyl (C=O) groups excluding carboxylic acids is 2. The summed E-state index contributed by atoms with van der Waals surface area (Å²) in [5.74, 6) is -0.403. The molecule has 6 nitrogen and oxygen atoms in total. The number of amides is 3. The van der Waals surface area contributed by atoms with Crippen LogP contribution in [0.5, 0.6) is 0 Å². The molecule has 1 heterocycles. The number of nitrogens with zero attached hydrogens (tertiary/aromatic N) is 2. The van der Waals surface area contributed by atoms with E-state index in [1.165, 1.54) is 23.3 Å². The second-order valence-corrected chi connectivity index (χ2v) is 7.25. The average Bonchev–Trinajstić information content (AvgIpc) is 2.74. The second kappa shape index (κ2) is 10.0. The van der Waals surface area contributed by atoms with Gasteiger partial charge in [0, 0.05) is 39.3 Å². The zero-order valence-corrected chi connectivity index (χ0v) is 16.7. The molecular formula is C22H27FN4O2. The van der Waals surface area contributed by atoms with Crippen LogP contribution in [0.1, 0.15) is 16.7 Å². The number of piperazine rings is 1. The van der Waals surface area contributed by atoms with Crippen LogP contribution >= 0.6 is 0 Å². The molecule has 154 valence electrons. The van der Waals surface area contributed by atoms with E-state index in [0.717, 1.165) is 25.2 Å². The van der Waals surface area contributed by atoms with Crippen molar-refractivity contribution >= 4 is 11.9 Å². The van der Waals surface area contributed by atoms with E-state index in [0.29, 0.717) is 13.1 Å². The Kier molecular flexibility index (Phi) is 7.19. The zero-order valence-electron chi connectivity index (χ0n) is 16.7. The summed E-state index contributed by atoms with van der Waals surface area (Å²) in [5.41, 5.74) is 3.38. The molecule has 1 fully saturated rings. The first-order chi connectivity index (χ1) is 14.0. The average molecular weight is 398 g/mol. The van der Waals surface area contributed by atoms with Gasteiger partial charge >= 0.3 is 6.03 Å². The normalized spacial score (nSPS) is 14.5. The summed E-state index contributed by atoms with van der Waals surface area (Å²) in [4.78, 5) is 28.4. The molecule has 2 N–H and O–H groups in total. The fourth-order valence-corrected chi connectivity index (χ4v) is 3.30. The molecule has 2 aromatic rings. The van der Waals surface area contributed by atoms with Gasteiger partial charge in [-0.05, 0) is 35.7 Å². The van der Waals surface area contributed by atoms with Crippen molar-refractivity contribution in [2.24, 2.45) is 0 Å². The molecule has 3 amide bonds. The number of rotatable bonds is 6. The predicted octanol–water partition coefficient (Wildman–Crippen LogP) is 2.28. The van der Waals surface area contributed by atoms with Gasteiger partial charge in [0.05, 0.1) is 6.54 Å². The Labute approximate surface area is 170 Å². The fourth-order valence-electron chi connectivity index (χ4n) is 3.30. The number of halogens is 1. The third kappa shape index (κ3) is 6.29. The first-order valence-corrected chi connectivity index (χ1v) is 9.82. The SMILES string of the molecule is Cc1ccccc1CN1CCN(C(=O)CNC(=O)NCc2ccc(F)cc2)CC1. The van der Waals surface area contributed by atoms with Crippen LogP contribution in [-0.4, -0.2) is 54.5 Å². The summed E-state index contributed by atoms with van der Waals surface area (Å²) in [6.07, 6.45) is 0. The van der Waals surface area contributed by atoms with Crippen molar-refractivity contribution < 1.29 is 14.0 Å². The summed E-state index contributed by atoms with van der Waals surface area (Å²) >= 11 is 0. The molecule has 0 aliphatic carbocycles. The minimum absolute atomic E-state index is 0.0347. The molecule has 0 aromatic heterocycles. The molecule has 7 heteroatoms. The molecule has 1 aliphatic rings. The molecule has 0 saturated carbocycles. The minimum atomic E-state index is -0.416. The van der Waals surface area contributed by atoms with E-state index in [2.05, 4.69) is 40.7 Å². The lowest BCUT2D eigenvalue weighted by Crippen LogP contribution is -2.51. The van der Waals surface area contributed by atoms with E-state index in [-0.39, 0.29) is 24.8 Å². The largest absolute Gasteiger partial charge is 0.339 e. The fraction of sp³-hybridized carbons (Fsp3) is 0.364. The van der Waals surface area contributed by atoms with E-state index in [1.54, 1.807) is 17.0 Å². The molecule has 0 atom stereocenters. The van der Waals surface area contributed by atoms with Crippen LogP contribution in [0.2, 0.25) is 0 Å². The Morgan fingerprint density at radius 3 is 2.34 bits per heavy atom. The first kappa shape index (κ1) is 20.8. The van der Waals surface area contributed by atoms with Crippen LogP contribution in [0.4, 0.5) is 9.18 Å². The molecule has 0 spiro atoms. The smallest absolute Gasteiger partial charge is 0.315 e. The van der Waals surface area contributed by atoms with Crippen molar-refractivity contribution in [3.8, 4) is 0 Å². The van der Waals surface area contributed by atoms with Gasteiger partial charge in [0.25, 0.3) is 0 Å². The van der Waals surface area contributed by atoms with Crippen molar-refractivity contribution in [2.45, 2.75) is 20.0 Å². The van der Waals surface area contributed by atoms with E-state index < -0.39 is 6.03 Å². The zero-order chi connectivity index (χ0) is 20.6. The van der Waals surface area contributed by atoms with Crippen molar-refractivity contribution in [3.63, 3.8) is 0 Å². The van der Waals surface area contributed by atoms with Crippen LogP contribution in [0.25, 0.3) is 0 Å². The number of hydrogen-bond acceptors (Lipinski definition) is 3. The van der Waals surface area contributed by atoms with Gasteiger partial charge in [0.2, 0.25) is 5.91 Å². The molecule has 2 aromatic carbocycles. The van der Waals surface area contributed by atoms with E-state index in [1.807, 2.05) is 6.07 Å². The summed E-state index contributed by atoms with van der Waals surface area (Å²) in [5, 5.41) is 5.26. The van der Waals surface area contributed by atoms with Crippen LogP contribution < -0.4 is 10.6 Å². The maximum Gasteiger partial charge on any atom is 0.315 e. The molecule has 0 radical (unpaired) electrons. The Morgan fingerprint density at radius 1 is 0.966 bits per heavy atom. The third-order valence-electron chi connectivity index (χ3n) is 5.15. The van der Waals surface area contributed by atoms with Gasteiger partial charge in [-0.3, -0.25) is 9.69 Å². The number of hydrogen-bond donors (Lipinski definition) is 2. The van der Waals surface area contributed by atoms with Gasteiger partial charge in [-0.25, -0.2) is 9.18 Å². The van der Waals surface area contributed by atoms with Crippen molar-refractivity contribution in [3.05, 3.63) is 71.0 Å². The van der Waals surface area contributed by atoms with Crippen LogP contribution in [0, 0.1) is 12.7 Å². The maximum atomic E-state index is 12.9. The summed E-state index contributed by atoms with van der Waals surface area (Å²) < 4.78 is 12.9. The van der Waals surface area contributed by atoms with E-state index in [4.69, 9.17) is 0 Å². The quantitative estimate of drug-likeness (QED) is 0.785. The number of aryl methyl sites for hydroxylation is 1. The number of carbonyl (C=O) groups is 2. The third-order valence-corrected chi connectivity index (χ3v) is 5.15. The van der Waals surface area contributed by atoms with E-state index >= 15 is 0 Å². The molecule has 0 unspecified atom stereocenters. The van der Waals surface area contributed by atoms with Crippen LogP contribution in [0.15, 0.2) is 48.5 Å².